The zero-order valence-corrected chi connectivity index (χ0v) is 13.7. The zero-order chi connectivity index (χ0) is 16.2. The topological polar surface area (TPSA) is 44.0 Å². The van der Waals surface area contributed by atoms with E-state index in [0.717, 1.165) is 30.5 Å². The number of hydrogen-bond donors (Lipinski definition) is 0. The molecule has 23 heavy (non-hydrogen) atoms. The molecule has 0 spiro atoms. The Hall–Kier alpha value is -2.10. The van der Waals surface area contributed by atoms with Gasteiger partial charge < -0.3 is 4.57 Å². The number of rotatable bonds is 4. The van der Waals surface area contributed by atoms with Gasteiger partial charge in [0.05, 0.1) is 5.69 Å². The summed E-state index contributed by atoms with van der Waals surface area (Å²) in [7, 11) is 0. The fourth-order valence-corrected chi connectivity index (χ4v) is 3.53. The molecule has 0 aliphatic heterocycles. The molecule has 1 aromatic heterocycles. The van der Waals surface area contributed by atoms with Gasteiger partial charge >= 0.3 is 11.1 Å². The number of nitrogens with zero attached hydrogens (tertiary/aromatic N) is 2. The van der Waals surface area contributed by atoms with Crippen molar-refractivity contribution in [2.45, 2.75) is 52.0 Å². The third-order valence-electron chi connectivity index (χ3n) is 4.87. The fraction of sp³-hybridized carbons (Fsp3) is 0.474. The number of aryl methyl sites for hydroxylation is 1. The average Bonchev–Trinajstić information content (AvgIpc) is 2.60. The maximum Gasteiger partial charge on any atom is 0.320 e. The van der Waals surface area contributed by atoms with E-state index in [-0.39, 0.29) is 0 Å². The summed E-state index contributed by atoms with van der Waals surface area (Å²) in [6.45, 7) is 2.72. The molecule has 0 amide bonds. The molecule has 1 saturated carbocycles. The summed E-state index contributed by atoms with van der Waals surface area (Å²) in [5.74, 6) is 0.527. The van der Waals surface area contributed by atoms with E-state index in [9.17, 15) is 9.59 Å². The van der Waals surface area contributed by atoms with E-state index in [1.54, 1.807) is 17.0 Å². The van der Waals surface area contributed by atoms with E-state index >= 15 is 0 Å². The highest BCUT2D eigenvalue weighted by Gasteiger charge is 2.16. The normalized spacial score (nSPS) is 15.7. The third kappa shape index (κ3) is 3.31. The molecule has 0 bridgehead atoms. The van der Waals surface area contributed by atoms with Crippen molar-refractivity contribution < 1.29 is 0 Å². The Morgan fingerprint density at radius 3 is 2.48 bits per heavy atom. The Morgan fingerprint density at radius 2 is 1.74 bits per heavy atom. The van der Waals surface area contributed by atoms with E-state index in [1.165, 1.54) is 23.8 Å². The van der Waals surface area contributed by atoms with Crippen LogP contribution in [0.2, 0.25) is 0 Å². The van der Waals surface area contributed by atoms with Gasteiger partial charge in [0, 0.05) is 18.9 Å². The van der Waals surface area contributed by atoms with Crippen molar-refractivity contribution in [3.63, 3.8) is 0 Å². The van der Waals surface area contributed by atoms with Crippen LogP contribution < -0.4 is 11.1 Å². The Labute approximate surface area is 136 Å². The van der Waals surface area contributed by atoms with Crippen molar-refractivity contribution in [1.29, 1.82) is 0 Å². The minimum Gasteiger partial charge on any atom is -0.309 e. The summed E-state index contributed by atoms with van der Waals surface area (Å²) in [6.07, 6.45) is 10.4. The van der Waals surface area contributed by atoms with Crippen molar-refractivity contribution >= 4 is 0 Å². The minimum atomic E-state index is -0.454. The van der Waals surface area contributed by atoms with Gasteiger partial charge in [-0.1, -0.05) is 44.4 Å². The van der Waals surface area contributed by atoms with E-state index in [0.29, 0.717) is 12.5 Å². The average molecular weight is 312 g/mol. The highest BCUT2D eigenvalue weighted by atomic mass is 16.2. The molecule has 4 heteroatoms. The van der Waals surface area contributed by atoms with Crippen LogP contribution in [0.3, 0.4) is 0 Å². The quantitative estimate of drug-likeness (QED) is 0.814. The zero-order valence-electron chi connectivity index (χ0n) is 13.7. The molecular formula is C19H24N2O2. The van der Waals surface area contributed by atoms with Gasteiger partial charge in [0.25, 0.3) is 0 Å². The first-order valence-electron chi connectivity index (χ1n) is 8.61. The Bertz CT molecular complexity index is 782. The summed E-state index contributed by atoms with van der Waals surface area (Å²) in [4.78, 5) is 25.0. The third-order valence-corrected chi connectivity index (χ3v) is 4.87. The molecule has 0 atom stereocenters. The summed E-state index contributed by atoms with van der Waals surface area (Å²) in [5, 5.41) is 0. The maximum atomic E-state index is 12.5. The van der Waals surface area contributed by atoms with Gasteiger partial charge in [0.1, 0.15) is 0 Å². The minimum absolute atomic E-state index is 0.413. The first-order chi connectivity index (χ1) is 11.2. The first kappa shape index (κ1) is 15.8. The highest BCUT2D eigenvalue weighted by Crippen LogP contribution is 2.24. The second-order valence-electron chi connectivity index (χ2n) is 6.42. The van der Waals surface area contributed by atoms with Crippen molar-refractivity contribution in [2.24, 2.45) is 5.92 Å². The lowest BCUT2D eigenvalue weighted by Crippen LogP contribution is -2.41. The molecule has 2 aromatic rings. The molecule has 122 valence electrons. The van der Waals surface area contributed by atoms with Gasteiger partial charge in [-0.3, -0.25) is 14.2 Å². The Morgan fingerprint density at radius 1 is 1.00 bits per heavy atom. The van der Waals surface area contributed by atoms with Crippen molar-refractivity contribution in [3.05, 3.63) is 62.9 Å². The summed E-state index contributed by atoms with van der Waals surface area (Å²) >= 11 is 0. The molecule has 0 saturated heterocycles. The Kier molecular flexibility index (Phi) is 4.79. The van der Waals surface area contributed by atoms with Crippen LogP contribution in [0.25, 0.3) is 5.69 Å². The van der Waals surface area contributed by atoms with Crippen LogP contribution >= 0.6 is 0 Å². The molecule has 1 aliphatic rings. The number of benzene rings is 1. The van der Waals surface area contributed by atoms with Crippen molar-refractivity contribution in [2.75, 3.05) is 0 Å². The second kappa shape index (κ2) is 6.99. The Balaban J connectivity index is 1.94. The molecule has 3 rings (SSSR count). The van der Waals surface area contributed by atoms with E-state index < -0.39 is 11.1 Å². The maximum absolute atomic E-state index is 12.5. The molecule has 1 heterocycles. The molecule has 0 radical (unpaired) electrons. The lowest BCUT2D eigenvalue weighted by atomic mass is 9.89. The lowest BCUT2D eigenvalue weighted by Gasteiger charge is -2.22. The van der Waals surface area contributed by atoms with Gasteiger partial charge in [-0.15, -0.1) is 0 Å². The van der Waals surface area contributed by atoms with Crippen LogP contribution in [0.15, 0.2) is 46.2 Å². The fourth-order valence-electron chi connectivity index (χ4n) is 3.53. The summed E-state index contributed by atoms with van der Waals surface area (Å²) in [5.41, 5.74) is 1.01. The van der Waals surface area contributed by atoms with Crippen LogP contribution in [-0.4, -0.2) is 9.13 Å². The molecule has 1 aromatic carbocycles. The van der Waals surface area contributed by atoms with Gasteiger partial charge in [-0.05, 0) is 36.8 Å². The predicted octanol–water partition coefficient (Wildman–Crippen LogP) is 3.14. The van der Waals surface area contributed by atoms with E-state index in [2.05, 4.69) is 0 Å². The van der Waals surface area contributed by atoms with Gasteiger partial charge in [-0.2, -0.15) is 0 Å². The van der Waals surface area contributed by atoms with E-state index in [1.807, 2.05) is 31.2 Å². The van der Waals surface area contributed by atoms with Crippen LogP contribution in [0, 0.1) is 5.92 Å². The summed E-state index contributed by atoms with van der Waals surface area (Å²) < 4.78 is 3.09. The van der Waals surface area contributed by atoms with Crippen molar-refractivity contribution in [1.82, 2.24) is 9.13 Å². The van der Waals surface area contributed by atoms with E-state index in [4.69, 9.17) is 0 Å². The molecular weight excluding hydrogens is 288 g/mol. The van der Waals surface area contributed by atoms with Crippen molar-refractivity contribution in [3.8, 4) is 5.69 Å². The largest absolute Gasteiger partial charge is 0.320 e. The summed E-state index contributed by atoms with van der Waals surface area (Å²) in [6, 6.07) is 7.74. The molecule has 4 nitrogen and oxygen atoms in total. The molecule has 1 fully saturated rings. The number of aromatic nitrogens is 2. The van der Waals surface area contributed by atoms with Crippen LogP contribution in [0.4, 0.5) is 0 Å². The monoisotopic (exact) mass is 312 g/mol. The number of para-hydroxylation sites is 1. The van der Waals surface area contributed by atoms with Gasteiger partial charge in [0.15, 0.2) is 0 Å². The molecule has 0 N–H and O–H groups in total. The smallest absolute Gasteiger partial charge is 0.309 e. The standard InChI is InChI=1S/C19H24N2O2/c1-2-16-10-6-7-11-17(16)21-13-12-20(18(22)19(21)23)14-15-8-4-3-5-9-15/h6-7,10-13,15H,2-5,8-9,14H2,1H3. The SMILES string of the molecule is CCc1ccccc1-n1ccn(CC2CCCCC2)c(=O)c1=O. The molecule has 1 aliphatic carbocycles. The predicted molar refractivity (Wildman–Crippen MR) is 92.3 cm³/mol. The first-order valence-corrected chi connectivity index (χ1v) is 8.61. The van der Waals surface area contributed by atoms with Crippen LogP contribution in [0.5, 0.6) is 0 Å². The van der Waals surface area contributed by atoms with Gasteiger partial charge in [-0.25, -0.2) is 0 Å². The van der Waals surface area contributed by atoms with Crippen LogP contribution in [-0.2, 0) is 13.0 Å². The second-order valence-corrected chi connectivity index (χ2v) is 6.42. The number of hydrogen-bond acceptors (Lipinski definition) is 2. The highest BCUT2D eigenvalue weighted by molar-refractivity contribution is 5.40. The molecule has 0 unspecified atom stereocenters. The van der Waals surface area contributed by atoms with Crippen LogP contribution in [0.1, 0.15) is 44.6 Å². The van der Waals surface area contributed by atoms with Gasteiger partial charge in [0.2, 0.25) is 0 Å². The lowest BCUT2D eigenvalue weighted by molar-refractivity contribution is 0.315.